The summed E-state index contributed by atoms with van der Waals surface area (Å²) in [5, 5.41) is 6.43. The van der Waals surface area contributed by atoms with Crippen molar-refractivity contribution in [3.8, 4) is 11.5 Å². The number of rotatable bonds is 7. The first-order chi connectivity index (χ1) is 15.5. The number of nitrogens with zero attached hydrogens (tertiary/aromatic N) is 1. The van der Waals surface area contributed by atoms with Crippen molar-refractivity contribution in [3.05, 3.63) is 87.9 Å². The Balaban J connectivity index is 1.65. The maximum atomic E-state index is 12.1. The molecule has 0 saturated heterocycles. The molecule has 0 radical (unpaired) electrons. The standard InChI is InChI=1S/C24H22BrN3O4/c1-16-5-3-7-20(13-16)27-23(29)24(30)28-26-14-18-6-4-8-21(31-2)22(18)32-15-17-9-11-19(25)12-10-17/h3-14H,15H2,1-2H3,(H,27,29)(H,28,30)/b26-14-. The smallest absolute Gasteiger partial charge is 0.329 e. The highest BCUT2D eigenvalue weighted by Crippen LogP contribution is 2.31. The largest absolute Gasteiger partial charge is 0.493 e. The van der Waals surface area contributed by atoms with Gasteiger partial charge in [-0.25, -0.2) is 5.43 Å². The second kappa shape index (κ2) is 11.1. The molecule has 0 spiro atoms. The summed E-state index contributed by atoms with van der Waals surface area (Å²) >= 11 is 3.41. The molecule has 0 aromatic heterocycles. The van der Waals surface area contributed by atoms with Crippen LogP contribution in [0.1, 0.15) is 16.7 Å². The van der Waals surface area contributed by atoms with E-state index < -0.39 is 11.8 Å². The summed E-state index contributed by atoms with van der Waals surface area (Å²) < 4.78 is 12.3. The van der Waals surface area contributed by atoms with Crippen LogP contribution < -0.4 is 20.2 Å². The van der Waals surface area contributed by atoms with E-state index >= 15 is 0 Å². The zero-order valence-electron chi connectivity index (χ0n) is 17.6. The maximum Gasteiger partial charge on any atom is 0.329 e. The number of hydrogen-bond donors (Lipinski definition) is 2. The average Bonchev–Trinajstić information content (AvgIpc) is 2.79. The van der Waals surface area contributed by atoms with E-state index in [1.807, 2.05) is 37.3 Å². The number of amides is 2. The lowest BCUT2D eigenvalue weighted by Crippen LogP contribution is -2.32. The SMILES string of the molecule is COc1cccc(/C=N\NC(=O)C(=O)Nc2cccc(C)c2)c1OCc1ccc(Br)cc1. The van der Waals surface area contributed by atoms with Gasteiger partial charge in [0.05, 0.1) is 13.3 Å². The van der Waals surface area contributed by atoms with E-state index in [2.05, 4.69) is 31.8 Å². The van der Waals surface area contributed by atoms with Gasteiger partial charge in [-0.2, -0.15) is 5.10 Å². The van der Waals surface area contributed by atoms with Gasteiger partial charge in [-0.15, -0.1) is 0 Å². The summed E-state index contributed by atoms with van der Waals surface area (Å²) in [6, 6.07) is 20.2. The molecule has 0 aliphatic carbocycles. The van der Waals surface area contributed by atoms with Crippen molar-refractivity contribution < 1.29 is 19.1 Å². The third-order valence-corrected chi connectivity index (χ3v) is 4.91. The highest BCUT2D eigenvalue weighted by molar-refractivity contribution is 9.10. The van der Waals surface area contributed by atoms with E-state index in [0.29, 0.717) is 29.4 Å². The van der Waals surface area contributed by atoms with Crippen LogP contribution in [0.4, 0.5) is 5.69 Å². The van der Waals surface area contributed by atoms with Gasteiger partial charge in [0.25, 0.3) is 0 Å². The van der Waals surface area contributed by atoms with Gasteiger partial charge in [0.1, 0.15) is 6.61 Å². The number of para-hydroxylation sites is 1. The van der Waals surface area contributed by atoms with E-state index in [4.69, 9.17) is 9.47 Å². The quantitative estimate of drug-likeness (QED) is 0.288. The number of carbonyl (C=O) groups excluding carboxylic acids is 2. The van der Waals surface area contributed by atoms with Crippen LogP contribution in [0.3, 0.4) is 0 Å². The number of methoxy groups -OCH3 is 1. The minimum Gasteiger partial charge on any atom is -0.493 e. The molecular weight excluding hydrogens is 474 g/mol. The van der Waals surface area contributed by atoms with E-state index in [1.54, 1.807) is 43.5 Å². The molecule has 0 unspecified atom stereocenters. The van der Waals surface area contributed by atoms with Gasteiger partial charge >= 0.3 is 11.8 Å². The van der Waals surface area contributed by atoms with Crippen molar-refractivity contribution in [1.29, 1.82) is 0 Å². The number of aryl methyl sites for hydroxylation is 1. The fraction of sp³-hybridized carbons (Fsp3) is 0.125. The van der Waals surface area contributed by atoms with Crippen molar-refractivity contribution in [2.75, 3.05) is 12.4 Å². The highest BCUT2D eigenvalue weighted by atomic mass is 79.9. The van der Waals surface area contributed by atoms with Crippen molar-refractivity contribution in [1.82, 2.24) is 5.43 Å². The Morgan fingerprint density at radius 2 is 1.78 bits per heavy atom. The number of nitrogens with one attached hydrogen (secondary N) is 2. The van der Waals surface area contributed by atoms with Gasteiger partial charge < -0.3 is 14.8 Å². The Morgan fingerprint density at radius 3 is 2.50 bits per heavy atom. The molecule has 0 aliphatic rings. The predicted molar refractivity (Wildman–Crippen MR) is 127 cm³/mol. The van der Waals surface area contributed by atoms with Gasteiger partial charge in [-0.1, -0.05) is 46.3 Å². The lowest BCUT2D eigenvalue weighted by atomic mass is 10.2. The lowest BCUT2D eigenvalue weighted by Gasteiger charge is -2.13. The fourth-order valence-corrected chi connectivity index (χ4v) is 3.07. The maximum absolute atomic E-state index is 12.1. The monoisotopic (exact) mass is 495 g/mol. The van der Waals surface area contributed by atoms with Crippen LogP contribution >= 0.6 is 15.9 Å². The number of benzene rings is 3. The number of carbonyl (C=O) groups is 2. The summed E-state index contributed by atoms with van der Waals surface area (Å²) in [4.78, 5) is 24.1. The normalized spacial score (nSPS) is 10.6. The highest BCUT2D eigenvalue weighted by Gasteiger charge is 2.14. The summed E-state index contributed by atoms with van der Waals surface area (Å²) in [6.07, 6.45) is 1.40. The van der Waals surface area contributed by atoms with Gasteiger partial charge in [-0.3, -0.25) is 9.59 Å². The topological polar surface area (TPSA) is 89.0 Å². The number of hydrogen-bond acceptors (Lipinski definition) is 5. The van der Waals surface area contributed by atoms with Gasteiger partial charge in [0.15, 0.2) is 11.5 Å². The van der Waals surface area contributed by atoms with Crippen LogP contribution in [0.2, 0.25) is 0 Å². The Kier molecular flexibility index (Phi) is 7.99. The number of hydrazone groups is 1. The molecule has 2 N–H and O–H groups in total. The molecular formula is C24H22BrN3O4. The molecule has 0 heterocycles. The first-order valence-electron chi connectivity index (χ1n) is 9.71. The molecule has 2 amide bonds. The number of ether oxygens (including phenoxy) is 2. The third kappa shape index (κ3) is 6.42. The van der Waals surface area contributed by atoms with Crippen molar-refractivity contribution in [2.45, 2.75) is 13.5 Å². The summed E-state index contributed by atoms with van der Waals surface area (Å²) in [5.41, 5.74) is 5.29. The second-order valence-corrected chi connectivity index (χ2v) is 7.73. The first-order valence-corrected chi connectivity index (χ1v) is 10.5. The van der Waals surface area contributed by atoms with Crippen LogP contribution in [0.15, 0.2) is 76.3 Å². The Morgan fingerprint density at radius 1 is 1.03 bits per heavy atom. The molecule has 0 saturated carbocycles. The molecule has 3 aromatic rings. The molecule has 3 aromatic carbocycles. The Hall–Kier alpha value is -3.65. The third-order valence-electron chi connectivity index (χ3n) is 4.38. The number of anilines is 1. The van der Waals surface area contributed by atoms with E-state index in [9.17, 15) is 9.59 Å². The molecule has 7 nitrogen and oxygen atoms in total. The van der Waals surface area contributed by atoms with Crippen LogP contribution in [0, 0.1) is 6.92 Å². The van der Waals surface area contributed by atoms with E-state index in [0.717, 1.165) is 15.6 Å². The predicted octanol–water partition coefficient (Wildman–Crippen LogP) is 4.43. The molecule has 3 rings (SSSR count). The molecule has 0 atom stereocenters. The van der Waals surface area contributed by atoms with Crippen molar-refractivity contribution in [2.24, 2.45) is 5.10 Å². The minimum atomic E-state index is -0.886. The van der Waals surface area contributed by atoms with Crippen LogP contribution in [-0.2, 0) is 16.2 Å². The Bertz CT molecular complexity index is 1130. The first kappa shape index (κ1) is 23.0. The molecule has 8 heteroatoms. The fourth-order valence-electron chi connectivity index (χ4n) is 2.81. The van der Waals surface area contributed by atoms with Crippen LogP contribution in [-0.4, -0.2) is 25.1 Å². The second-order valence-electron chi connectivity index (χ2n) is 6.82. The lowest BCUT2D eigenvalue weighted by molar-refractivity contribution is -0.136. The number of halogens is 1. The van der Waals surface area contributed by atoms with Gasteiger partial charge in [0, 0.05) is 15.7 Å². The van der Waals surface area contributed by atoms with E-state index in [1.165, 1.54) is 6.21 Å². The molecule has 0 bridgehead atoms. The van der Waals surface area contributed by atoms with Crippen LogP contribution in [0.5, 0.6) is 11.5 Å². The van der Waals surface area contributed by atoms with Crippen molar-refractivity contribution in [3.63, 3.8) is 0 Å². The zero-order valence-corrected chi connectivity index (χ0v) is 19.2. The zero-order chi connectivity index (χ0) is 22.9. The Labute approximate surface area is 194 Å². The minimum absolute atomic E-state index is 0.319. The summed E-state index contributed by atoms with van der Waals surface area (Å²) in [6.45, 7) is 2.21. The average molecular weight is 496 g/mol. The van der Waals surface area contributed by atoms with Crippen molar-refractivity contribution >= 4 is 39.6 Å². The summed E-state index contributed by atoms with van der Waals surface area (Å²) in [5.74, 6) is -0.706. The molecule has 164 valence electrons. The van der Waals surface area contributed by atoms with Gasteiger partial charge in [-0.05, 0) is 54.4 Å². The van der Waals surface area contributed by atoms with Gasteiger partial charge in [0.2, 0.25) is 0 Å². The molecule has 0 fully saturated rings. The molecule has 0 aliphatic heterocycles. The van der Waals surface area contributed by atoms with Crippen LogP contribution in [0.25, 0.3) is 0 Å². The molecule has 32 heavy (non-hydrogen) atoms. The summed E-state index contributed by atoms with van der Waals surface area (Å²) in [7, 11) is 1.54. The van der Waals surface area contributed by atoms with E-state index in [-0.39, 0.29) is 0 Å².